The van der Waals surface area contributed by atoms with E-state index in [4.69, 9.17) is 0 Å². The van der Waals surface area contributed by atoms with Crippen molar-refractivity contribution in [1.82, 2.24) is 9.97 Å². The molecule has 0 saturated heterocycles. The van der Waals surface area contributed by atoms with Gasteiger partial charge in [0, 0.05) is 22.9 Å². The molecule has 0 radical (unpaired) electrons. The van der Waals surface area contributed by atoms with E-state index in [9.17, 15) is 0 Å². The van der Waals surface area contributed by atoms with E-state index in [2.05, 4.69) is 80.7 Å². The lowest BCUT2D eigenvalue weighted by atomic mass is 10.1. The Bertz CT molecular complexity index is 848. The van der Waals surface area contributed by atoms with Gasteiger partial charge in [-0.2, -0.15) is 4.98 Å². The zero-order valence-corrected chi connectivity index (χ0v) is 15.3. The molecule has 1 heterocycles. The van der Waals surface area contributed by atoms with Gasteiger partial charge in [0.2, 0.25) is 5.95 Å². The second-order valence-electron chi connectivity index (χ2n) is 5.70. The predicted octanol–water partition coefficient (Wildman–Crippen LogP) is 5.21. The van der Waals surface area contributed by atoms with Crippen LogP contribution in [-0.2, 0) is 6.54 Å². The molecule has 2 N–H and O–H groups in total. The molecule has 0 spiro atoms. The lowest BCUT2D eigenvalue weighted by molar-refractivity contribution is 1.05. The van der Waals surface area contributed by atoms with Gasteiger partial charge in [-0.15, -0.1) is 0 Å². The van der Waals surface area contributed by atoms with Crippen LogP contribution in [0.3, 0.4) is 0 Å². The van der Waals surface area contributed by atoms with E-state index in [0.717, 1.165) is 16.0 Å². The molecule has 24 heavy (non-hydrogen) atoms. The molecule has 2 aromatic carbocycles. The number of halogens is 1. The van der Waals surface area contributed by atoms with Gasteiger partial charge in [-0.25, -0.2) is 4.98 Å². The average Bonchev–Trinajstić information content (AvgIpc) is 2.57. The molecule has 3 aromatic rings. The van der Waals surface area contributed by atoms with Crippen molar-refractivity contribution in [2.24, 2.45) is 0 Å². The van der Waals surface area contributed by atoms with Crippen LogP contribution in [0.1, 0.15) is 16.7 Å². The third-order valence-electron chi connectivity index (χ3n) is 3.62. The Labute approximate surface area is 150 Å². The summed E-state index contributed by atoms with van der Waals surface area (Å²) in [4.78, 5) is 8.79. The first-order chi connectivity index (χ1) is 11.6. The van der Waals surface area contributed by atoms with Crippen LogP contribution in [0.5, 0.6) is 0 Å². The van der Waals surface area contributed by atoms with Crippen LogP contribution < -0.4 is 10.6 Å². The number of hydrogen-bond acceptors (Lipinski definition) is 4. The van der Waals surface area contributed by atoms with Crippen molar-refractivity contribution in [3.63, 3.8) is 0 Å². The number of hydrogen-bond donors (Lipinski definition) is 2. The summed E-state index contributed by atoms with van der Waals surface area (Å²) >= 11 is 3.51. The number of rotatable bonds is 5. The highest BCUT2D eigenvalue weighted by Crippen LogP contribution is 2.22. The van der Waals surface area contributed by atoms with Gasteiger partial charge in [0.15, 0.2) is 0 Å². The van der Waals surface area contributed by atoms with Gasteiger partial charge in [0.1, 0.15) is 5.82 Å². The largest absolute Gasteiger partial charge is 0.350 e. The molecule has 0 bridgehead atoms. The molecule has 0 aliphatic heterocycles. The van der Waals surface area contributed by atoms with Crippen molar-refractivity contribution in [1.29, 1.82) is 0 Å². The summed E-state index contributed by atoms with van der Waals surface area (Å²) in [5.74, 6) is 1.37. The molecule has 0 aliphatic rings. The average molecular weight is 383 g/mol. The second kappa shape index (κ2) is 7.45. The minimum atomic E-state index is 0.607. The minimum absolute atomic E-state index is 0.607. The summed E-state index contributed by atoms with van der Waals surface area (Å²) < 4.78 is 1.09. The van der Waals surface area contributed by atoms with Crippen molar-refractivity contribution in [2.75, 3.05) is 10.6 Å². The van der Waals surface area contributed by atoms with Crippen molar-refractivity contribution in [3.8, 4) is 0 Å². The fourth-order valence-corrected chi connectivity index (χ4v) is 2.63. The Morgan fingerprint density at radius 2 is 1.92 bits per heavy atom. The molecule has 122 valence electrons. The minimum Gasteiger partial charge on any atom is -0.350 e. The van der Waals surface area contributed by atoms with Crippen LogP contribution in [0.25, 0.3) is 0 Å². The molecular formula is C19H19BrN4. The molecule has 4 nitrogen and oxygen atoms in total. The Morgan fingerprint density at radius 3 is 2.71 bits per heavy atom. The molecular weight excluding hydrogens is 364 g/mol. The van der Waals surface area contributed by atoms with E-state index in [1.807, 2.05) is 18.2 Å². The zero-order valence-electron chi connectivity index (χ0n) is 13.7. The number of anilines is 3. The Balaban J connectivity index is 1.68. The Hall–Kier alpha value is -2.40. The molecule has 0 fully saturated rings. The topological polar surface area (TPSA) is 49.8 Å². The molecule has 0 atom stereocenters. The smallest absolute Gasteiger partial charge is 0.224 e. The fourth-order valence-electron chi connectivity index (χ4n) is 2.39. The molecule has 3 rings (SSSR count). The van der Waals surface area contributed by atoms with E-state index >= 15 is 0 Å². The fraction of sp³-hybridized carbons (Fsp3) is 0.158. The molecule has 1 aromatic heterocycles. The molecule has 0 saturated carbocycles. The number of aromatic nitrogens is 2. The van der Waals surface area contributed by atoms with Crippen LogP contribution in [-0.4, -0.2) is 9.97 Å². The van der Waals surface area contributed by atoms with Crippen LogP contribution >= 0.6 is 15.9 Å². The van der Waals surface area contributed by atoms with Gasteiger partial charge >= 0.3 is 0 Å². The molecule has 0 aliphatic carbocycles. The molecule has 5 heteroatoms. The third kappa shape index (κ3) is 4.32. The van der Waals surface area contributed by atoms with Crippen molar-refractivity contribution in [2.45, 2.75) is 20.4 Å². The first-order valence-electron chi connectivity index (χ1n) is 7.76. The highest BCUT2D eigenvalue weighted by Gasteiger charge is 2.02. The number of benzene rings is 2. The highest BCUT2D eigenvalue weighted by molar-refractivity contribution is 9.10. The lowest BCUT2D eigenvalue weighted by Gasteiger charge is -2.10. The third-order valence-corrected chi connectivity index (χ3v) is 4.51. The summed E-state index contributed by atoms with van der Waals surface area (Å²) in [6.07, 6.45) is 1.75. The number of aryl methyl sites for hydroxylation is 2. The number of nitrogens with one attached hydrogen (secondary N) is 2. The quantitative estimate of drug-likeness (QED) is 0.635. The monoisotopic (exact) mass is 382 g/mol. The van der Waals surface area contributed by atoms with E-state index < -0.39 is 0 Å². The number of nitrogens with zero attached hydrogens (tertiary/aromatic N) is 2. The van der Waals surface area contributed by atoms with Crippen LogP contribution in [0, 0.1) is 13.8 Å². The van der Waals surface area contributed by atoms with Gasteiger partial charge in [0.05, 0.1) is 0 Å². The maximum Gasteiger partial charge on any atom is 0.224 e. The van der Waals surface area contributed by atoms with Crippen molar-refractivity contribution < 1.29 is 0 Å². The maximum absolute atomic E-state index is 4.51. The lowest BCUT2D eigenvalue weighted by Crippen LogP contribution is -2.05. The van der Waals surface area contributed by atoms with Crippen LogP contribution in [0.4, 0.5) is 17.5 Å². The molecule has 0 amide bonds. The SMILES string of the molecule is Cc1cccc(CNc2nccc(Nc3ccc(Br)c(C)c3)n2)c1. The van der Waals surface area contributed by atoms with Gasteiger partial charge < -0.3 is 10.6 Å². The standard InChI is InChI=1S/C19H19BrN4/c1-13-4-3-5-15(10-13)12-22-19-21-9-8-18(24-19)23-16-6-7-17(20)14(2)11-16/h3-11H,12H2,1-2H3,(H2,21,22,23,24). The summed E-state index contributed by atoms with van der Waals surface area (Å²) in [7, 11) is 0. The zero-order chi connectivity index (χ0) is 16.9. The predicted molar refractivity (Wildman–Crippen MR) is 103 cm³/mol. The second-order valence-corrected chi connectivity index (χ2v) is 6.55. The maximum atomic E-state index is 4.51. The van der Waals surface area contributed by atoms with E-state index in [1.165, 1.54) is 16.7 Å². The van der Waals surface area contributed by atoms with E-state index in [0.29, 0.717) is 12.5 Å². The summed E-state index contributed by atoms with van der Waals surface area (Å²) in [5, 5.41) is 6.57. The summed E-state index contributed by atoms with van der Waals surface area (Å²) in [6.45, 7) is 4.84. The Kier molecular flexibility index (Phi) is 5.11. The van der Waals surface area contributed by atoms with Crippen LogP contribution in [0.15, 0.2) is 59.2 Å². The van der Waals surface area contributed by atoms with Gasteiger partial charge in [0.25, 0.3) is 0 Å². The van der Waals surface area contributed by atoms with Gasteiger partial charge in [-0.3, -0.25) is 0 Å². The summed E-state index contributed by atoms with van der Waals surface area (Å²) in [5.41, 5.74) is 4.63. The van der Waals surface area contributed by atoms with Gasteiger partial charge in [-0.05, 0) is 49.2 Å². The molecule has 0 unspecified atom stereocenters. The highest BCUT2D eigenvalue weighted by atomic mass is 79.9. The Morgan fingerprint density at radius 1 is 1.04 bits per heavy atom. The van der Waals surface area contributed by atoms with Crippen LogP contribution in [0.2, 0.25) is 0 Å². The first kappa shape index (κ1) is 16.5. The van der Waals surface area contributed by atoms with Crippen molar-refractivity contribution in [3.05, 3.63) is 75.9 Å². The van der Waals surface area contributed by atoms with Gasteiger partial charge in [-0.1, -0.05) is 45.8 Å². The normalized spacial score (nSPS) is 10.5. The van der Waals surface area contributed by atoms with Crippen molar-refractivity contribution >= 4 is 33.4 Å². The summed E-state index contributed by atoms with van der Waals surface area (Å²) in [6, 6.07) is 16.4. The van der Waals surface area contributed by atoms with E-state index in [-0.39, 0.29) is 0 Å². The first-order valence-corrected chi connectivity index (χ1v) is 8.55. The van der Waals surface area contributed by atoms with E-state index in [1.54, 1.807) is 6.20 Å².